The minimum Gasteiger partial charge on any atom is -0.339 e. The minimum atomic E-state index is -0.134. The summed E-state index contributed by atoms with van der Waals surface area (Å²) in [6.07, 6.45) is 11.6. The second-order valence-electron chi connectivity index (χ2n) is 6.97. The van der Waals surface area contributed by atoms with Crippen LogP contribution in [0.15, 0.2) is 18.6 Å². The van der Waals surface area contributed by atoms with E-state index in [1.54, 1.807) is 25.5 Å². The first-order chi connectivity index (χ1) is 11.6. The van der Waals surface area contributed by atoms with Crippen LogP contribution in [0.4, 0.5) is 0 Å². The first-order valence-electron chi connectivity index (χ1n) is 8.92. The third-order valence-corrected chi connectivity index (χ3v) is 5.38. The highest BCUT2D eigenvalue weighted by molar-refractivity contribution is 5.78. The van der Waals surface area contributed by atoms with Crippen molar-refractivity contribution in [2.45, 2.75) is 57.4 Å². The fourth-order valence-corrected chi connectivity index (χ4v) is 4.17. The van der Waals surface area contributed by atoms with Gasteiger partial charge in [0.25, 0.3) is 0 Å². The van der Waals surface area contributed by atoms with Gasteiger partial charge in [0.05, 0.1) is 11.2 Å². The molecule has 1 spiro atoms. The molecule has 6 nitrogen and oxygen atoms in total. The van der Waals surface area contributed by atoms with E-state index in [0.29, 0.717) is 32.5 Å². The average molecular weight is 330 g/mol. The normalized spacial score (nSPS) is 20.2. The van der Waals surface area contributed by atoms with Crippen LogP contribution < -0.4 is 0 Å². The maximum absolute atomic E-state index is 12.6. The van der Waals surface area contributed by atoms with Crippen molar-refractivity contribution in [2.24, 2.45) is 0 Å². The summed E-state index contributed by atoms with van der Waals surface area (Å²) in [5, 5.41) is 0. The van der Waals surface area contributed by atoms with Gasteiger partial charge in [-0.25, -0.2) is 0 Å². The van der Waals surface area contributed by atoms with Crippen molar-refractivity contribution in [3.63, 3.8) is 0 Å². The van der Waals surface area contributed by atoms with Crippen LogP contribution in [-0.4, -0.2) is 56.8 Å². The van der Waals surface area contributed by atoms with Gasteiger partial charge in [-0.15, -0.1) is 0 Å². The smallest absolute Gasteiger partial charge is 0.223 e. The Bertz CT molecular complexity index is 584. The number of hydrogen-bond acceptors (Lipinski definition) is 4. The first kappa shape index (κ1) is 16.9. The molecule has 0 aromatic carbocycles. The largest absolute Gasteiger partial charge is 0.339 e. The summed E-state index contributed by atoms with van der Waals surface area (Å²) >= 11 is 0. The van der Waals surface area contributed by atoms with Crippen LogP contribution in [0.25, 0.3) is 0 Å². The van der Waals surface area contributed by atoms with E-state index in [0.717, 1.165) is 31.4 Å². The number of piperazine rings is 1. The molecule has 3 rings (SSSR count). The Balaban J connectivity index is 1.64. The number of nitrogens with zero attached hydrogens (tertiary/aromatic N) is 4. The third-order valence-electron chi connectivity index (χ3n) is 5.38. The molecule has 0 bridgehead atoms. The van der Waals surface area contributed by atoms with Crippen molar-refractivity contribution >= 4 is 11.8 Å². The third kappa shape index (κ3) is 3.57. The lowest BCUT2D eigenvalue weighted by Crippen LogP contribution is -2.65. The lowest BCUT2D eigenvalue weighted by Gasteiger charge is -2.52. The van der Waals surface area contributed by atoms with Crippen LogP contribution in [-0.2, 0) is 16.0 Å². The zero-order valence-corrected chi connectivity index (χ0v) is 14.4. The van der Waals surface area contributed by atoms with Crippen LogP contribution >= 0.6 is 0 Å². The molecule has 0 radical (unpaired) electrons. The monoisotopic (exact) mass is 330 g/mol. The summed E-state index contributed by atoms with van der Waals surface area (Å²) in [5.41, 5.74) is 0.713. The summed E-state index contributed by atoms with van der Waals surface area (Å²) in [6, 6.07) is 0. The van der Waals surface area contributed by atoms with Crippen molar-refractivity contribution in [1.82, 2.24) is 19.8 Å². The van der Waals surface area contributed by atoms with E-state index >= 15 is 0 Å². The van der Waals surface area contributed by atoms with Gasteiger partial charge in [0, 0.05) is 51.6 Å². The molecule has 1 aliphatic heterocycles. The zero-order chi connectivity index (χ0) is 17.0. The van der Waals surface area contributed by atoms with Gasteiger partial charge >= 0.3 is 0 Å². The predicted molar refractivity (Wildman–Crippen MR) is 90.1 cm³/mol. The molecular formula is C18H26N4O2. The lowest BCUT2D eigenvalue weighted by molar-refractivity contribution is -0.150. The number of amides is 2. The SMILES string of the molecule is CC(=O)N1CCN(C(=O)CCc2cnccn2)CC12CCCCC2. The van der Waals surface area contributed by atoms with E-state index in [-0.39, 0.29) is 17.4 Å². The molecule has 0 atom stereocenters. The molecule has 1 aromatic rings. The van der Waals surface area contributed by atoms with Crippen LogP contribution in [0.5, 0.6) is 0 Å². The Morgan fingerprint density at radius 3 is 2.62 bits per heavy atom. The van der Waals surface area contributed by atoms with Crippen molar-refractivity contribution in [1.29, 1.82) is 0 Å². The van der Waals surface area contributed by atoms with Crippen LogP contribution in [0.1, 0.15) is 51.1 Å². The van der Waals surface area contributed by atoms with Crippen molar-refractivity contribution in [3.05, 3.63) is 24.3 Å². The van der Waals surface area contributed by atoms with E-state index in [9.17, 15) is 9.59 Å². The fraction of sp³-hybridized carbons (Fsp3) is 0.667. The summed E-state index contributed by atoms with van der Waals surface area (Å²) < 4.78 is 0. The summed E-state index contributed by atoms with van der Waals surface area (Å²) in [4.78, 5) is 37.0. The number of aryl methyl sites for hydroxylation is 1. The maximum atomic E-state index is 12.6. The molecule has 0 unspecified atom stereocenters. The Morgan fingerprint density at radius 1 is 1.17 bits per heavy atom. The first-order valence-corrected chi connectivity index (χ1v) is 8.92. The van der Waals surface area contributed by atoms with Crippen LogP contribution in [0, 0.1) is 0 Å². The highest BCUT2D eigenvalue weighted by atomic mass is 16.2. The van der Waals surface area contributed by atoms with Gasteiger partial charge in [-0.2, -0.15) is 0 Å². The predicted octanol–water partition coefficient (Wildman–Crippen LogP) is 1.80. The Kier molecular flexibility index (Phi) is 5.11. The molecular weight excluding hydrogens is 304 g/mol. The minimum absolute atomic E-state index is 0.134. The van der Waals surface area contributed by atoms with E-state index in [1.807, 2.05) is 9.80 Å². The molecule has 2 aliphatic rings. The number of carbonyl (C=O) groups excluding carboxylic acids is 2. The molecule has 1 saturated heterocycles. The van der Waals surface area contributed by atoms with Gasteiger partial charge in [-0.1, -0.05) is 19.3 Å². The Hall–Kier alpha value is -1.98. The van der Waals surface area contributed by atoms with Gasteiger partial charge in [-0.3, -0.25) is 19.6 Å². The zero-order valence-electron chi connectivity index (χ0n) is 14.4. The topological polar surface area (TPSA) is 66.4 Å². The van der Waals surface area contributed by atoms with Gasteiger partial charge in [-0.05, 0) is 19.3 Å². The van der Waals surface area contributed by atoms with Crippen molar-refractivity contribution in [3.8, 4) is 0 Å². The number of aromatic nitrogens is 2. The van der Waals surface area contributed by atoms with Gasteiger partial charge in [0.2, 0.25) is 11.8 Å². The average Bonchev–Trinajstić information content (AvgIpc) is 2.61. The molecule has 2 amide bonds. The van der Waals surface area contributed by atoms with E-state index < -0.39 is 0 Å². The highest BCUT2D eigenvalue weighted by Crippen LogP contribution is 2.36. The fourth-order valence-electron chi connectivity index (χ4n) is 4.17. The van der Waals surface area contributed by atoms with Crippen LogP contribution in [0.2, 0.25) is 0 Å². The molecule has 1 aromatic heterocycles. The molecule has 130 valence electrons. The Labute approximate surface area is 143 Å². The second kappa shape index (κ2) is 7.28. The van der Waals surface area contributed by atoms with Crippen molar-refractivity contribution < 1.29 is 9.59 Å². The molecule has 24 heavy (non-hydrogen) atoms. The molecule has 6 heteroatoms. The standard InChI is InChI=1S/C18H26N4O2/c1-15(23)22-12-11-21(14-18(22)7-3-2-4-8-18)17(24)6-5-16-13-19-9-10-20-16/h9-10,13H,2-8,11-12,14H2,1H3. The maximum Gasteiger partial charge on any atom is 0.223 e. The molecule has 2 fully saturated rings. The molecule has 0 N–H and O–H groups in total. The molecule has 1 saturated carbocycles. The number of carbonyl (C=O) groups is 2. The highest BCUT2D eigenvalue weighted by Gasteiger charge is 2.44. The number of rotatable bonds is 3. The quantitative estimate of drug-likeness (QED) is 0.848. The lowest BCUT2D eigenvalue weighted by atomic mass is 9.78. The summed E-state index contributed by atoms with van der Waals surface area (Å²) in [7, 11) is 0. The second-order valence-corrected chi connectivity index (χ2v) is 6.97. The van der Waals surface area contributed by atoms with E-state index in [4.69, 9.17) is 0 Å². The summed E-state index contributed by atoms with van der Waals surface area (Å²) in [5.74, 6) is 0.303. The molecule has 2 heterocycles. The number of hydrogen-bond donors (Lipinski definition) is 0. The van der Waals surface area contributed by atoms with E-state index in [2.05, 4.69) is 9.97 Å². The Morgan fingerprint density at radius 2 is 1.96 bits per heavy atom. The summed E-state index contributed by atoms with van der Waals surface area (Å²) in [6.45, 7) is 3.64. The van der Waals surface area contributed by atoms with Crippen LogP contribution in [0.3, 0.4) is 0 Å². The van der Waals surface area contributed by atoms with Crippen molar-refractivity contribution in [2.75, 3.05) is 19.6 Å². The van der Waals surface area contributed by atoms with Gasteiger partial charge in [0.1, 0.15) is 0 Å². The van der Waals surface area contributed by atoms with Gasteiger partial charge < -0.3 is 9.80 Å². The molecule has 1 aliphatic carbocycles. The van der Waals surface area contributed by atoms with Gasteiger partial charge in [0.15, 0.2) is 0 Å². The van der Waals surface area contributed by atoms with E-state index in [1.165, 1.54) is 6.42 Å².